The summed E-state index contributed by atoms with van der Waals surface area (Å²) in [6, 6.07) is 23.7. The van der Waals surface area contributed by atoms with Crippen molar-refractivity contribution < 1.29 is 0 Å². The van der Waals surface area contributed by atoms with E-state index in [1.54, 1.807) is 0 Å². The van der Waals surface area contributed by atoms with E-state index in [2.05, 4.69) is 98.9 Å². The highest BCUT2D eigenvalue weighted by Crippen LogP contribution is 2.40. The summed E-state index contributed by atoms with van der Waals surface area (Å²) in [7, 11) is 0. The molecule has 1 nitrogen and oxygen atoms in total. The maximum absolute atomic E-state index is 3.62. The standard InChI is InChI=1S/C25H25N/c1-17-15-24(19(3)18(17)2)23-14-13-20-9-7-8-12-22(20)25(23)16-26-21-10-5-4-6-11-21/h4-15,24,26H,16H2,1-3H3. The van der Waals surface area contributed by atoms with Crippen molar-refractivity contribution in [1.29, 1.82) is 0 Å². The summed E-state index contributed by atoms with van der Waals surface area (Å²) in [5.41, 5.74) is 8.29. The van der Waals surface area contributed by atoms with Gasteiger partial charge in [-0.15, -0.1) is 0 Å². The van der Waals surface area contributed by atoms with Crippen LogP contribution in [0.2, 0.25) is 0 Å². The average Bonchev–Trinajstić information content (AvgIpc) is 2.94. The average molecular weight is 339 g/mol. The quantitative estimate of drug-likeness (QED) is 0.549. The number of hydrogen-bond acceptors (Lipinski definition) is 1. The van der Waals surface area contributed by atoms with Crippen molar-refractivity contribution in [1.82, 2.24) is 0 Å². The third-order valence-corrected chi connectivity index (χ3v) is 5.72. The Labute approximate surface area is 156 Å². The maximum atomic E-state index is 3.62. The Balaban J connectivity index is 1.80. The van der Waals surface area contributed by atoms with E-state index in [0.29, 0.717) is 5.92 Å². The van der Waals surface area contributed by atoms with Crippen molar-refractivity contribution in [3.05, 3.63) is 101 Å². The van der Waals surface area contributed by atoms with Gasteiger partial charge in [0.1, 0.15) is 0 Å². The van der Waals surface area contributed by atoms with Crippen LogP contribution < -0.4 is 5.32 Å². The minimum absolute atomic E-state index is 0.382. The van der Waals surface area contributed by atoms with E-state index in [-0.39, 0.29) is 0 Å². The fraction of sp³-hybridized carbons (Fsp3) is 0.200. The second-order valence-corrected chi connectivity index (χ2v) is 7.21. The smallest absolute Gasteiger partial charge is 0.0410 e. The molecule has 1 aliphatic carbocycles. The Morgan fingerprint density at radius 2 is 1.54 bits per heavy atom. The molecule has 1 atom stereocenters. The molecule has 0 spiro atoms. The zero-order valence-electron chi connectivity index (χ0n) is 15.7. The van der Waals surface area contributed by atoms with Gasteiger partial charge in [0, 0.05) is 18.2 Å². The van der Waals surface area contributed by atoms with Gasteiger partial charge in [0.05, 0.1) is 0 Å². The van der Waals surface area contributed by atoms with Crippen LogP contribution in [0.5, 0.6) is 0 Å². The third-order valence-electron chi connectivity index (χ3n) is 5.72. The molecule has 130 valence electrons. The van der Waals surface area contributed by atoms with Crippen LogP contribution in [0.3, 0.4) is 0 Å². The normalized spacial score (nSPS) is 16.9. The number of fused-ring (bicyclic) bond motifs is 1. The van der Waals surface area contributed by atoms with E-state index in [1.807, 2.05) is 0 Å². The van der Waals surface area contributed by atoms with Crippen LogP contribution in [-0.4, -0.2) is 0 Å². The zero-order valence-corrected chi connectivity index (χ0v) is 15.7. The van der Waals surface area contributed by atoms with E-state index in [9.17, 15) is 0 Å². The molecule has 0 fully saturated rings. The van der Waals surface area contributed by atoms with Crippen molar-refractivity contribution in [2.45, 2.75) is 33.2 Å². The SMILES string of the molecule is CC1=CC(c2ccc3ccccc3c2CNc2ccccc2)C(C)=C1C. The number of hydrogen-bond donors (Lipinski definition) is 1. The monoisotopic (exact) mass is 339 g/mol. The molecule has 1 unspecified atom stereocenters. The molecule has 26 heavy (non-hydrogen) atoms. The molecule has 1 N–H and O–H groups in total. The molecular formula is C25H25N. The Bertz CT molecular complexity index is 1010. The second-order valence-electron chi connectivity index (χ2n) is 7.21. The van der Waals surface area contributed by atoms with Gasteiger partial charge in [-0.2, -0.15) is 0 Å². The molecule has 1 heteroatoms. The molecule has 0 saturated carbocycles. The van der Waals surface area contributed by atoms with Crippen LogP contribution in [0.1, 0.15) is 37.8 Å². The van der Waals surface area contributed by atoms with Gasteiger partial charge in [-0.3, -0.25) is 0 Å². The minimum atomic E-state index is 0.382. The van der Waals surface area contributed by atoms with Gasteiger partial charge in [0.2, 0.25) is 0 Å². The van der Waals surface area contributed by atoms with E-state index >= 15 is 0 Å². The highest BCUT2D eigenvalue weighted by molar-refractivity contribution is 5.87. The van der Waals surface area contributed by atoms with Crippen molar-refractivity contribution in [2.75, 3.05) is 5.32 Å². The summed E-state index contributed by atoms with van der Waals surface area (Å²) < 4.78 is 0. The van der Waals surface area contributed by atoms with E-state index in [1.165, 1.54) is 38.6 Å². The summed E-state index contributed by atoms with van der Waals surface area (Å²) in [5.74, 6) is 0.382. The molecule has 3 aromatic rings. The number of benzene rings is 3. The zero-order chi connectivity index (χ0) is 18.1. The van der Waals surface area contributed by atoms with Crippen molar-refractivity contribution >= 4 is 16.5 Å². The first-order chi connectivity index (χ1) is 12.6. The molecule has 0 aromatic heterocycles. The van der Waals surface area contributed by atoms with Gasteiger partial charge in [-0.25, -0.2) is 0 Å². The number of allylic oxidation sites excluding steroid dienone is 4. The Hall–Kier alpha value is -2.80. The summed E-state index contributed by atoms with van der Waals surface area (Å²) in [6.07, 6.45) is 2.42. The lowest BCUT2D eigenvalue weighted by Gasteiger charge is -2.20. The van der Waals surface area contributed by atoms with E-state index in [4.69, 9.17) is 0 Å². The van der Waals surface area contributed by atoms with Crippen molar-refractivity contribution in [2.24, 2.45) is 0 Å². The van der Waals surface area contributed by atoms with Gasteiger partial charge in [0.25, 0.3) is 0 Å². The number of rotatable bonds is 4. The highest BCUT2D eigenvalue weighted by atomic mass is 14.9. The molecular weight excluding hydrogens is 314 g/mol. The van der Waals surface area contributed by atoms with Crippen LogP contribution in [0.4, 0.5) is 5.69 Å². The molecule has 3 aromatic carbocycles. The predicted molar refractivity (Wildman–Crippen MR) is 113 cm³/mol. The molecule has 0 heterocycles. The highest BCUT2D eigenvalue weighted by Gasteiger charge is 2.23. The molecule has 0 saturated heterocycles. The molecule has 0 aliphatic heterocycles. The lowest BCUT2D eigenvalue weighted by molar-refractivity contribution is 0.969. The topological polar surface area (TPSA) is 12.0 Å². The summed E-state index contributed by atoms with van der Waals surface area (Å²) >= 11 is 0. The van der Waals surface area contributed by atoms with Crippen molar-refractivity contribution in [3.8, 4) is 0 Å². The summed E-state index contributed by atoms with van der Waals surface area (Å²) in [4.78, 5) is 0. The lowest BCUT2D eigenvalue weighted by Crippen LogP contribution is -2.07. The van der Waals surface area contributed by atoms with Gasteiger partial charge in [-0.05, 0) is 60.4 Å². The van der Waals surface area contributed by atoms with Crippen LogP contribution in [0.15, 0.2) is 89.5 Å². The molecule has 0 radical (unpaired) electrons. The van der Waals surface area contributed by atoms with Crippen LogP contribution in [0.25, 0.3) is 10.8 Å². The second kappa shape index (κ2) is 6.84. The molecule has 0 amide bonds. The fourth-order valence-corrected chi connectivity index (χ4v) is 3.96. The number of anilines is 1. The number of nitrogens with one attached hydrogen (secondary N) is 1. The predicted octanol–water partition coefficient (Wildman–Crippen LogP) is 6.83. The van der Waals surface area contributed by atoms with E-state index in [0.717, 1.165) is 12.2 Å². The van der Waals surface area contributed by atoms with Gasteiger partial charge in [-0.1, -0.05) is 71.8 Å². The lowest BCUT2D eigenvalue weighted by atomic mass is 9.87. The summed E-state index contributed by atoms with van der Waals surface area (Å²) in [5, 5.41) is 6.27. The first-order valence-electron chi connectivity index (χ1n) is 9.31. The summed E-state index contributed by atoms with van der Waals surface area (Å²) in [6.45, 7) is 7.57. The fourth-order valence-electron chi connectivity index (χ4n) is 3.96. The van der Waals surface area contributed by atoms with Gasteiger partial charge >= 0.3 is 0 Å². The Kier molecular flexibility index (Phi) is 4.38. The minimum Gasteiger partial charge on any atom is -0.381 e. The molecule has 4 rings (SSSR count). The molecule has 1 aliphatic rings. The van der Waals surface area contributed by atoms with Gasteiger partial charge < -0.3 is 5.32 Å². The van der Waals surface area contributed by atoms with Crippen molar-refractivity contribution in [3.63, 3.8) is 0 Å². The van der Waals surface area contributed by atoms with Crippen LogP contribution in [-0.2, 0) is 6.54 Å². The first kappa shape index (κ1) is 16.7. The van der Waals surface area contributed by atoms with E-state index < -0.39 is 0 Å². The molecule has 0 bridgehead atoms. The van der Waals surface area contributed by atoms with Crippen LogP contribution in [0, 0.1) is 0 Å². The largest absolute Gasteiger partial charge is 0.381 e. The third kappa shape index (κ3) is 2.94. The Morgan fingerprint density at radius 3 is 2.27 bits per heavy atom. The number of para-hydroxylation sites is 1. The van der Waals surface area contributed by atoms with Gasteiger partial charge in [0.15, 0.2) is 0 Å². The maximum Gasteiger partial charge on any atom is 0.0410 e. The van der Waals surface area contributed by atoms with Crippen LogP contribution >= 0.6 is 0 Å². The Morgan fingerprint density at radius 1 is 0.808 bits per heavy atom. The first-order valence-corrected chi connectivity index (χ1v) is 9.31.